The Labute approximate surface area is 162 Å². The van der Waals surface area contributed by atoms with E-state index in [0.29, 0.717) is 40.2 Å². The number of thioether (sulfide) groups is 1. The van der Waals surface area contributed by atoms with Gasteiger partial charge in [0.05, 0.1) is 23.9 Å². The lowest BCUT2D eigenvalue weighted by molar-refractivity contribution is -0.141. The Morgan fingerprint density at radius 2 is 2.08 bits per heavy atom. The molecule has 0 aliphatic carbocycles. The summed E-state index contributed by atoms with van der Waals surface area (Å²) < 4.78 is 5.47. The van der Waals surface area contributed by atoms with Gasteiger partial charge in [0.2, 0.25) is 5.91 Å². The van der Waals surface area contributed by atoms with Crippen molar-refractivity contribution >= 4 is 40.4 Å². The fourth-order valence-electron chi connectivity index (χ4n) is 2.94. The molecule has 2 heterocycles. The Morgan fingerprint density at radius 1 is 1.38 bits per heavy atom. The highest BCUT2D eigenvalue weighted by atomic mass is 35.5. The van der Waals surface area contributed by atoms with Crippen LogP contribution in [0.2, 0.25) is 5.02 Å². The van der Waals surface area contributed by atoms with Crippen LogP contribution in [-0.2, 0) is 14.3 Å². The van der Waals surface area contributed by atoms with Crippen LogP contribution in [0.4, 0.5) is 0 Å². The smallest absolute Gasteiger partial charge is 0.338 e. The first kappa shape index (κ1) is 19.0. The van der Waals surface area contributed by atoms with E-state index in [4.69, 9.17) is 16.3 Å². The highest BCUT2D eigenvalue weighted by Gasteiger charge is 2.41. The zero-order valence-electron chi connectivity index (χ0n) is 15.0. The Balaban J connectivity index is 2.06. The molecule has 1 aromatic rings. The Kier molecular flexibility index (Phi) is 5.73. The molecule has 7 heteroatoms. The van der Waals surface area contributed by atoms with Crippen molar-refractivity contribution in [3.05, 3.63) is 46.1 Å². The number of carbonyl (C=O) groups is 2. The number of amidine groups is 1. The summed E-state index contributed by atoms with van der Waals surface area (Å²) in [5, 5.41) is 1.24. The van der Waals surface area contributed by atoms with E-state index in [9.17, 15) is 9.59 Å². The van der Waals surface area contributed by atoms with Crippen molar-refractivity contribution in [3.63, 3.8) is 0 Å². The molecule has 2 aliphatic rings. The monoisotopic (exact) mass is 392 g/mol. The van der Waals surface area contributed by atoms with E-state index in [1.165, 1.54) is 11.8 Å². The van der Waals surface area contributed by atoms with E-state index in [0.717, 1.165) is 5.56 Å². The molecule has 1 unspecified atom stereocenters. The molecule has 0 radical (unpaired) electrons. The summed E-state index contributed by atoms with van der Waals surface area (Å²) >= 11 is 7.55. The fourth-order valence-corrected chi connectivity index (χ4v) is 4.07. The number of carbonyl (C=O) groups excluding carboxylic acids is 2. The van der Waals surface area contributed by atoms with Gasteiger partial charge in [0.15, 0.2) is 5.17 Å². The van der Waals surface area contributed by atoms with Crippen LogP contribution in [0, 0.1) is 5.92 Å². The second-order valence-corrected chi connectivity index (χ2v) is 8.20. The number of nitrogens with zero attached hydrogens (tertiary/aromatic N) is 2. The molecule has 0 N–H and O–H groups in total. The van der Waals surface area contributed by atoms with Crippen LogP contribution in [0.1, 0.15) is 38.8 Å². The van der Waals surface area contributed by atoms with Gasteiger partial charge in [0.25, 0.3) is 0 Å². The fraction of sp³-hybridized carbons (Fsp3) is 0.421. The molecule has 0 saturated carbocycles. The van der Waals surface area contributed by atoms with Crippen molar-refractivity contribution in [1.29, 1.82) is 0 Å². The number of rotatable bonds is 4. The van der Waals surface area contributed by atoms with Gasteiger partial charge in [-0.3, -0.25) is 9.69 Å². The third kappa shape index (κ3) is 3.81. The van der Waals surface area contributed by atoms with Gasteiger partial charge in [-0.25, -0.2) is 9.79 Å². The largest absolute Gasteiger partial charge is 0.462 e. The summed E-state index contributed by atoms with van der Waals surface area (Å²) in [6, 6.07) is 6.66. The lowest BCUT2D eigenvalue weighted by Crippen LogP contribution is -2.45. The van der Waals surface area contributed by atoms with E-state index in [1.54, 1.807) is 24.0 Å². The van der Waals surface area contributed by atoms with Crippen molar-refractivity contribution in [2.45, 2.75) is 33.2 Å². The third-order valence-electron chi connectivity index (χ3n) is 4.16. The van der Waals surface area contributed by atoms with Crippen molar-refractivity contribution in [1.82, 2.24) is 4.90 Å². The summed E-state index contributed by atoms with van der Waals surface area (Å²) in [7, 11) is 0. The molecule has 2 aliphatic heterocycles. The highest BCUT2D eigenvalue weighted by molar-refractivity contribution is 8.14. The minimum absolute atomic E-state index is 0.0379. The number of benzene rings is 1. The van der Waals surface area contributed by atoms with E-state index >= 15 is 0 Å². The molecule has 138 valence electrons. The molecule has 1 fully saturated rings. The van der Waals surface area contributed by atoms with Crippen LogP contribution in [0.3, 0.4) is 0 Å². The van der Waals surface area contributed by atoms with Crippen LogP contribution in [0.5, 0.6) is 0 Å². The molecule has 5 nitrogen and oxygen atoms in total. The molecule has 1 amide bonds. The predicted molar refractivity (Wildman–Crippen MR) is 104 cm³/mol. The Bertz CT molecular complexity index is 786. The van der Waals surface area contributed by atoms with E-state index < -0.39 is 12.0 Å². The number of hydrogen-bond acceptors (Lipinski definition) is 5. The first-order valence-corrected chi connectivity index (χ1v) is 9.91. The topological polar surface area (TPSA) is 59.0 Å². The van der Waals surface area contributed by atoms with Crippen molar-refractivity contribution in [2.75, 3.05) is 12.4 Å². The quantitative estimate of drug-likeness (QED) is 0.721. The first-order chi connectivity index (χ1) is 12.4. The molecule has 0 spiro atoms. The van der Waals surface area contributed by atoms with E-state index in [1.807, 2.05) is 26.0 Å². The van der Waals surface area contributed by atoms with Gasteiger partial charge in [-0.15, -0.1) is 0 Å². The van der Waals surface area contributed by atoms with Crippen molar-refractivity contribution in [3.8, 4) is 0 Å². The van der Waals surface area contributed by atoms with Crippen LogP contribution < -0.4 is 0 Å². The van der Waals surface area contributed by atoms with E-state index in [-0.39, 0.29) is 11.8 Å². The number of amides is 1. The molecular weight excluding hydrogens is 372 g/mol. The molecule has 1 saturated heterocycles. The van der Waals surface area contributed by atoms with Crippen LogP contribution in [0.15, 0.2) is 40.5 Å². The van der Waals surface area contributed by atoms with Crippen LogP contribution >= 0.6 is 23.4 Å². The zero-order chi connectivity index (χ0) is 18.8. The predicted octanol–water partition coefficient (Wildman–Crippen LogP) is 4.19. The number of fused-ring (bicyclic) bond motifs is 1. The molecule has 26 heavy (non-hydrogen) atoms. The third-order valence-corrected chi connectivity index (χ3v) is 5.37. The molecule has 0 bridgehead atoms. The number of halogens is 1. The molecular formula is C19H21ClN2O3S. The van der Waals surface area contributed by atoms with Crippen LogP contribution in [0.25, 0.3) is 0 Å². The van der Waals surface area contributed by atoms with Gasteiger partial charge in [-0.1, -0.05) is 49.3 Å². The number of esters is 1. The van der Waals surface area contributed by atoms with Crippen molar-refractivity contribution < 1.29 is 14.3 Å². The average molecular weight is 393 g/mol. The minimum atomic E-state index is -0.542. The number of hydrogen-bond donors (Lipinski definition) is 0. The maximum atomic E-state index is 12.8. The zero-order valence-corrected chi connectivity index (χ0v) is 16.6. The van der Waals surface area contributed by atoms with Gasteiger partial charge < -0.3 is 4.74 Å². The molecule has 1 aromatic carbocycles. The van der Waals surface area contributed by atoms with Gasteiger partial charge in [-0.2, -0.15) is 0 Å². The summed E-state index contributed by atoms with van der Waals surface area (Å²) in [5.41, 5.74) is 1.81. The second-order valence-electron chi connectivity index (χ2n) is 6.70. The maximum Gasteiger partial charge on any atom is 0.338 e. The lowest BCUT2D eigenvalue weighted by atomic mass is 9.94. The van der Waals surface area contributed by atoms with Gasteiger partial charge in [0.1, 0.15) is 0 Å². The number of ether oxygens (including phenoxy) is 1. The summed E-state index contributed by atoms with van der Waals surface area (Å²) in [4.78, 5) is 31.6. The Hall–Kier alpha value is -1.79. The molecule has 0 aromatic heterocycles. The SMILES string of the molecule is CC1=C(C(=O)OCC(C)C)C(c2ccc(Cl)cc2)N2C(=O)CCSC2=N1. The molecule has 3 rings (SSSR count). The number of allylic oxidation sites excluding steroid dienone is 1. The lowest BCUT2D eigenvalue weighted by Gasteiger charge is -2.39. The van der Waals surface area contributed by atoms with Crippen LogP contribution in [-0.4, -0.2) is 34.3 Å². The highest BCUT2D eigenvalue weighted by Crippen LogP contribution is 2.40. The molecule has 1 atom stereocenters. The second kappa shape index (κ2) is 7.84. The summed E-state index contributed by atoms with van der Waals surface area (Å²) in [6.45, 7) is 6.07. The van der Waals surface area contributed by atoms with Gasteiger partial charge in [0, 0.05) is 17.2 Å². The maximum absolute atomic E-state index is 12.8. The minimum Gasteiger partial charge on any atom is -0.462 e. The van der Waals surface area contributed by atoms with E-state index in [2.05, 4.69) is 4.99 Å². The number of aliphatic imine (C=N–C) groups is 1. The van der Waals surface area contributed by atoms with Gasteiger partial charge in [-0.05, 0) is 30.5 Å². The standard InChI is InChI=1S/C19H21ClN2O3S/c1-11(2)10-25-18(24)16-12(3)21-19-22(15(23)8-9-26-19)17(16)13-4-6-14(20)7-5-13/h4-7,11,17H,8-10H2,1-3H3. The Morgan fingerprint density at radius 3 is 2.73 bits per heavy atom. The van der Waals surface area contributed by atoms with Crippen molar-refractivity contribution in [2.24, 2.45) is 10.9 Å². The van der Waals surface area contributed by atoms with Gasteiger partial charge >= 0.3 is 5.97 Å². The first-order valence-electron chi connectivity index (χ1n) is 8.55. The average Bonchev–Trinajstić information content (AvgIpc) is 2.59. The summed E-state index contributed by atoms with van der Waals surface area (Å²) in [6.07, 6.45) is 0.418. The normalized spacial score (nSPS) is 20.2. The summed E-state index contributed by atoms with van der Waals surface area (Å²) in [5.74, 6) is 0.456.